The number of Topliss-reactive ketones (excluding diaryl/α,β-unsaturated/α-hetero) is 1. The Bertz CT molecular complexity index is 1050. The molecule has 0 aromatic heterocycles. The van der Waals surface area contributed by atoms with Gasteiger partial charge in [0.25, 0.3) is 11.7 Å². The summed E-state index contributed by atoms with van der Waals surface area (Å²) >= 11 is 12.5. The Kier molecular flexibility index (Phi) is 8.40. The maximum absolute atomic E-state index is 13.1. The van der Waals surface area contributed by atoms with Crippen LogP contribution in [0, 0.1) is 0 Å². The highest BCUT2D eigenvalue weighted by atomic mass is 35.5. The Morgan fingerprint density at radius 1 is 1.12 bits per heavy atom. The Morgan fingerprint density at radius 3 is 2.42 bits per heavy atom. The first kappa shape index (κ1) is 25.1. The normalized spacial score (nSPS) is 17.8. The molecule has 1 aliphatic rings. The Hall–Kier alpha value is -2.54. The molecule has 0 spiro atoms. The fourth-order valence-corrected chi connectivity index (χ4v) is 4.31. The standard InChI is InChI=1S/C25H28Cl2N2O4/c1-4-14-33-18-9-6-16(7-10-18)23(30)21-22(19-11-8-17(26)15-20(19)27)29(25(32)24(21)31)13-5-12-28(2)3/h6-11,15,22,30H,4-5,12-14H2,1-3H3/b23-21+. The molecule has 176 valence electrons. The molecule has 1 fully saturated rings. The quantitative estimate of drug-likeness (QED) is 0.298. The van der Waals surface area contributed by atoms with Crippen molar-refractivity contribution in [2.45, 2.75) is 25.8 Å². The molecule has 33 heavy (non-hydrogen) atoms. The fourth-order valence-electron chi connectivity index (χ4n) is 3.80. The maximum atomic E-state index is 13.1. The van der Waals surface area contributed by atoms with Crippen molar-refractivity contribution in [1.29, 1.82) is 0 Å². The van der Waals surface area contributed by atoms with Gasteiger partial charge in [-0.1, -0.05) is 36.2 Å². The summed E-state index contributed by atoms with van der Waals surface area (Å²) in [6.07, 6.45) is 1.53. The number of amides is 1. The minimum Gasteiger partial charge on any atom is -0.507 e. The molecule has 0 radical (unpaired) electrons. The fraction of sp³-hybridized carbons (Fsp3) is 0.360. The average Bonchev–Trinajstić information content (AvgIpc) is 3.02. The van der Waals surface area contributed by atoms with E-state index in [4.69, 9.17) is 27.9 Å². The molecule has 1 amide bonds. The van der Waals surface area contributed by atoms with Crippen molar-refractivity contribution in [2.75, 3.05) is 33.8 Å². The second-order valence-corrected chi connectivity index (χ2v) is 9.03. The van der Waals surface area contributed by atoms with E-state index in [9.17, 15) is 14.7 Å². The van der Waals surface area contributed by atoms with Gasteiger partial charge in [-0.2, -0.15) is 0 Å². The van der Waals surface area contributed by atoms with E-state index >= 15 is 0 Å². The van der Waals surface area contributed by atoms with Gasteiger partial charge in [-0.15, -0.1) is 0 Å². The van der Waals surface area contributed by atoms with Crippen LogP contribution in [0.15, 0.2) is 48.0 Å². The SMILES string of the molecule is CCCOc1ccc(/C(O)=C2\C(=O)C(=O)N(CCCN(C)C)C2c2ccc(Cl)cc2Cl)cc1. The molecule has 1 saturated heterocycles. The lowest BCUT2D eigenvalue weighted by Crippen LogP contribution is -2.32. The van der Waals surface area contributed by atoms with Crippen LogP contribution in [0.5, 0.6) is 5.75 Å². The number of halogens is 2. The van der Waals surface area contributed by atoms with E-state index in [2.05, 4.69) is 0 Å². The van der Waals surface area contributed by atoms with E-state index in [-0.39, 0.29) is 11.3 Å². The van der Waals surface area contributed by atoms with Crippen molar-refractivity contribution < 1.29 is 19.4 Å². The monoisotopic (exact) mass is 490 g/mol. The molecule has 3 rings (SSSR count). The molecule has 2 aromatic carbocycles. The van der Waals surface area contributed by atoms with Gasteiger partial charge in [0.05, 0.1) is 18.2 Å². The van der Waals surface area contributed by atoms with E-state index in [0.717, 1.165) is 13.0 Å². The first-order chi connectivity index (χ1) is 15.7. The van der Waals surface area contributed by atoms with Crippen molar-refractivity contribution in [3.63, 3.8) is 0 Å². The summed E-state index contributed by atoms with van der Waals surface area (Å²) in [5, 5.41) is 11.9. The third-order valence-corrected chi connectivity index (χ3v) is 5.96. The third kappa shape index (κ3) is 5.69. The summed E-state index contributed by atoms with van der Waals surface area (Å²) in [6, 6.07) is 10.9. The van der Waals surface area contributed by atoms with Crippen molar-refractivity contribution in [3.05, 3.63) is 69.2 Å². The summed E-state index contributed by atoms with van der Waals surface area (Å²) in [5.74, 6) is -0.981. The number of aliphatic hydroxyl groups excluding tert-OH is 1. The number of aliphatic hydroxyl groups is 1. The van der Waals surface area contributed by atoms with Crippen LogP contribution in [0.1, 0.15) is 36.9 Å². The summed E-state index contributed by atoms with van der Waals surface area (Å²) in [5.41, 5.74) is 0.964. The molecule has 1 heterocycles. The van der Waals surface area contributed by atoms with Crippen molar-refractivity contribution in [1.82, 2.24) is 9.80 Å². The molecule has 0 bridgehead atoms. The zero-order valence-electron chi connectivity index (χ0n) is 19.0. The van der Waals surface area contributed by atoms with E-state index in [1.165, 1.54) is 4.90 Å². The topological polar surface area (TPSA) is 70.1 Å². The Morgan fingerprint density at radius 2 is 1.82 bits per heavy atom. The Labute approximate surface area is 204 Å². The molecule has 0 saturated carbocycles. The van der Waals surface area contributed by atoms with Crippen LogP contribution in [-0.2, 0) is 9.59 Å². The number of carbonyl (C=O) groups excluding carboxylic acids is 2. The largest absolute Gasteiger partial charge is 0.507 e. The minimum absolute atomic E-state index is 0.0105. The van der Waals surface area contributed by atoms with Crippen molar-refractivity contribution in [2.24, 2.45) is 0 Å². The molecule has 1 aliphatic heterocycles. The number of rotatable bonds is 9. The van der Waals surface area contributed by atoms with E-state index in [1.807, 2.05) is 25.9 Å². The van der Waals surface area contributed by atoms with Gasteiger partial charge in [0.2, 0.25) is 0 Å². The summed E-state index contributed by atoms with van der Waals surface area (Å²) in [4.78, 5) is 29.6. The number of benzene rings is 2. The van der Waals surface area contributed by atoms with Gasteiger partial charge in [0.1, 0.15) is 11.5 Å². The van der Waals surface area contributed by atoms with Gasteiger partial charge < -0.3 is 19.6 Å². The maximum Gasteiger partial charge on any atom is 0.295 e. The van der Waals surface area contributed by atoms with Gasteiger partial charge in [0.15, 0.2) is 0 Å². The number of ketones is 1. The zero-order valence-corrected chi connectivity index (χ0v) is 20.5. The molecule has 1 N–H and O–H groups in total. The lowest BCUT2D eigenvalue weighted by molar-refractivity contribution is -0.139. The molecule has 2 aromatic rings. The average molecular weight is 491 g/mol. The lowest BCUT2D eigenvalue weighted by atomic mass is 9.95. The number of carbonyl (C=O) groups is 2. The molecule has 1 unspecified atom stereocenters. The minimum atomic E-state index is -0.812. The van der Waals surface area contributed by atoms with Gasteiger partial charge in [-0.3, -0.25) is 9.59 Å². The van der Waals surface area contributed by atoms with Crippen LogP contribution < -0.4 is 4.74 Å². The second kappa shape index (κ2) is 11.1. The molecule has 1 atom stereocenters. The van der Waals surface area contributed by atoms with E-state index in [0.29, 0.717) is 46.5 Å². The number of nitrogens with zero attached hydrogens (tertiary/aromatic N) is 2. The summed E-state index contributed by atoms with van der Waals surface area (Å²) in [7, 11) is 3.88. The molecular weight excluding hydrogens is 463 g/mol. The zero-order chi connectivity index (χ0) is 24.1. The second-order valence-electron chi connectivity index (χ2n) is 8.19. The smallest absolute Gasteiger partial charge is 0.295 e. The van der Waals surface area contributed by atoms with Crippen molar-refractivity contribution in [3.8, 4) is 5.75 Å². The highest BCUT2D eigenvalue weighted by molar-refractivity contribution is 6.47. The number of hydrogen-bond acceptors (Lipinski definition) is 5. The lowest BCUT2D eigenvalue weighted by Gasteiger charge is -2.26. The van der Waals surface area contributed by atoms with E-state index in [1.54, 1.807) is 42.5 Å². The molecule has 0 aliphatic carbocycles. The van der Waals surface area contributed by atoms with Crippen LogP contribution in [0.2, 0.25) is 10.0 Å². The first-order valence-electron chi connectivity index (χ1n) is 10.9. The van der Waals surface area contributed by atoms with Gasteiger partial charge in [0, 0.05) is 22.2 Å². The van der Waals surface area contributed by atoms with Gasteiger partial charge in [-0.05, 0) is 75.4 Å². The van der Waals surface area contributed by atoms with Gasteiger partial charge in [-0.25, -0.2) is 0 Å². The van der Waals surface area contributed by atoms with Crippen LogP contribution in [0.25, 0.3) is 5.76 Å². The van der Waals surface area contributed by atoms with Crippen molar-refractivity contribution >= 4 is 40.7 Å². The Balaban J connectivity index is 2.06. The molecule has 6 nitrogen and oxygen atoms in total. The molecule has 8 heteroatoms. The summed E-state index contributed by atoms with van der Waals surface area (Å²) in [6.45, 7) is 3.67. The highest BCUT2D eigenvalue weighted by Crippen LogP contribution is 2.42. The van der Waals surface area contributed by atoms with Gasteiger partial charge >= 0.3 is 0 Å². The number of hydrogen-bond donors (Lipinski definition) is 1. The molecular formula is C25H28Cl2N2O4. The van der Waals surface area contributed by atoms with Crippen LogP contribution in [0.4, 0.5) is 0 Å². The van der Waals surface area contributed by atoms with E-state index < -0.39 is 17.7 Å². The number of ether oxygens (including phenoxy) is 1. The highest BCUT2D eigenvalue weighted by Gasteiger charge is 2.46. The number of likely N-dealkylation sites (tertiary alicyclic amines) is 1. The van der Waals surface area contributed by atoms with Crippen LogP contribution in [0.3, 0.4) is 0 Å². The predicted octanol–water partition coefficient (Wildman–Crippen LogP) is 5.16. The van der Waals surface area contributed by atoms with Crippen LogP contribution >= 0.6 is 23.2 Å². The summed E-state index contributed by atoms with van der Waals surface area (Å²) < 4.78 is 5.59. The van der Waals surface area contributed by atoms with Crippen LogP contribution in [-0.4, -0.2) is 60.4 Å². The third-order valence-electron chi connectivity index (χ3n) is 5.40. The predicted molar refractivity (Wildman–Crippen MR) is 131 cm³/mol. The first-order valence-corrected chi connectivity index (χ1v) is 11.6.